The van der Waals surface area contributed by atoms with Gasteiger partial charge in [-0.05, 0) is 50.1 Å². The van der Waals surface area contributed by atoms with Crippen molar-refractivity contribution in [2.24, 2.45) is 0 Å². The van der Waals surface area contributed by atoms with Gasteiger partial charge in [0, 0.05) is 21.3 Å². The second-order valence-corrected chi connectivity index (χ2v) is 6.99. The highest BCUT2D eigenvalue weighted by atomic mass is 79.9. The second kappa shape index (κ2) is 5.56. The first-order chi connectivity index (χ1) is 8.90. The molecule has 0 aliphatic rings. The summed E-state index contributed by atoms with van der Waals surface area (Å²) in [4.78, 5) is 3.71. The largest absolute Gasteiger partial charge is 0.275 e. The van der Waals surface area contributed by atoms with Crippen LogP contribution in [0.4, 0.5) is 10.1 Å². The van der Waals surface area contributed by atoms with Gasteiger partial charge >= 0.3 is 0 Å². The third-order valence-corrected chi connectivity index (χ3v) is 4.60. The molecule has 2 aromatic rings. The van der Waals surface area contributed by atoms with Crippen LogP contribution in [0.3, 0.4) is 0 Å². The summed E-state index contributed by atoms with van der Waals surface area (Å²) in [6, 6.07) is 5.56. The van der Waals surface area contributed by atoms with E-state index in [1.54, 1.807) is 6.07 Å². The standard InChI is InChI=1S/C11H7Br2FN2O2S/c12-7-4-8(6-15-5-7)19(17,18)16-11-9(13)2-1-3-10(11)14/h1-6,16H. The van der Waals surface area contributed by atoms with Gasteiger partial charge in [-0.2, -0.15) is 0 Å². The predicted molar refractivity (Wildman–Crippen MR) is 76.8 cm³/mol. The van der Waals surface area contributed by atoms with Crippen molar-refractivity contribution in [3.8, 4) is 0 Å². The van der Waals surface area contributed by atoms with Crippen LogP contribution in [-0.2, 0) is 10.0 Å². The molecule has 1 N–H and O–H groups in total. The normalized spacial score (nSPS) is 11.3. The zero-order valence-corrected chi connectivity index (χ0v) is 13.3. The van der Waals surface area contributed by atoms with Crippen molar-refractivity contribution in [2.75, 3.05) is 4.72 Å². The molecule has 0 unspecified atom stereocenters. The van der Waals surface area contributed by atoms with Crippen LogP contribution in [0.25, 0.3) is 0 Å². The number of pyridine rings is 1. The number of rotatable bonds is 3. The molecule has 1 heterocycles. The Morgan fingerprint density at radius 2 is 1.95 bits per heavy atom. The summed E-state index contributed by atoms with van der Waals surface area (Å²) in [6.45, 7) is 0. The van der Waals surface area contributed by atoms with Crippen LogP contribution in [-0.4, -0.2) is 13.4 Å². The van der Waals surface area contributed by atoms with E-state index < -0.39 is 15.8 Å². The molecule has 19 heavy (non-hydrogen) atoms. The molecule has 8 heteroatoms. The second-order valence-electron chi connectivity index (χ2n) is 3.54. The highest BCUT2D eigenvalue weighted by Gasteiger charge is 2.18. The number of para-hydroxylation sites is 1. The van der Waals surface area contributed by atoms with Gasteiger partial charge in [-0.3, -0.25) is 9.71 Å². The summed E-state index contributed by atoms with van der Waals surface area (Å²) in [7, 11) is -3.89. The van der Waals surface area contributed by atoms with Crippen LogP contribution >= 0.6 is 31.9 Å². The van der Waals surface area contributed by atoms with E-state index in [1.165, 1.54) is 30.6 Å². The first-order valence-electron chi connectivity index (χ1n) is 4.97. The van der Waals surface area contributed by atoms with Crippen LogP contribution in [0.5, 0.6) is 0 Å². The minimum atomic E-state index is -3.89. The molecule has 0 fully saturated rings. The summed E-state index contributed by atoms with van der Waals surface area (Å²) < 4.78 is 40.8. The summed E-state index contributed by atoms with van der Waals surface area (Å²) in [6.07, 6.45) is 2.64. The van der Waals surface area contributed by atoms with E-state index in [2.05, 4.69) is 41.6 Å². The first kappa shape index (κ1) is 14.4. The number of nitrogens with one attached hydrogen (secondary N) is 1. The minimum absolute atomic E-state index is 0.0583. The number of hydrogen-bond acceptors (Lipinski definition) is 3. The lowest BCUT2D eigenvalue weighted by Crippen LogP contribution is -2.14. The Morgan fingerprint density at radius 1 is 1.21 bits per heavy atom. The van der Waals surface area contributed by atoms with Gasteiger partial charge in [0.1, 0.15) is 10.7 Å². The highest BCUT2D eigenvalue weighted by Crippen LogP contribution is 2.28. The van der Waals surface area contributed by atoms with E-state index in [-0.39, 0.29) is 10.6 Å². The molecule has 0 aliphatic carbocycles. The van der Waals surface area contributed by atoms with Crippen LogP contribution in [0, 0.1) is 5.82 Å². The lowest BCUT2D eigenvalue weighted by Gasteiger charge is -2.10. The van der Waals surface area contributed by atoms with E-state index in [0.717, 1.165) is 0 Å². The maximum atomic E-state index is 13.6. The van der Waals surface area contributed by atoms with Crippen LogP contribution in [0.1, 0.15) is 0 Å². The minimum Gasteiger partial charge on any atom is -0.275 e. The number of sulfonamides is 1. The fourth-order valence-corrected chi connectivity index (χ4v) is 3.49. The Morgan fingerprint density at radius 3 is 2.58 bits per heavy atom. The summed E-state index contributed by atoms with van der Waals surface area (Å²) >= 11 is 6.23. The highest BCUT2D eigenvalue weighted by molar-refractivity contribution is 9.10. The van der Waals surface area contributed by atoms with Gasteiger partial charge in [0.2, 0.25) is 0 Å². The van der Waals surface area contributed by atoms with Gasteiger partial charge in [-0.1, -0.05) is 6.07 Å². The third kappa shape index (κ3) is 3.31. The van der Waals surface area contributed by atoms with Crippen molar-refractivity contribution in [3.05, 3.63) is 51.4 Å². The van der Waals surface area contributed by atoms with E-state index in [1.807, 2.05) is 0 Å². The average molecular weight is 410 g/mol. The Bertz CT molecular complexity index is 702. The van der Waals surface area contributed by atoms with E-state index in [0.29, 0.717) is 8.95 Å². The Labute approximate surface area is 126 Å². The Kier molecular flexibility index (Phi) is 4.22. The monoisotopic (exact) mass is 408 g/mol. The maximum Gasteiger partial charge on any atom is 0.263 e. The van der Waals surface area contributed by atoms with Crippen molar-refractivity contribution in [1.82, 2.24) is 4.98 Å². The molecule has 0 atom stereocenters. The maximum absolute atomic E-state index is 13.6. The zero-order valence-electron chi connectivity index (χ0n) is 9.27. The Balaban J connectivity index is 2.42. The van der Waals surface area contributed by atoms with Crippen molar-refractivity contribution >= 4 is 47.6 Å². The predicted octanol–water partition coefficient (Wildman–Crippen LogP) is 3.55. The van der Waals surface area contributed by atoms with Crippen LogP contribution in [0.2, 0.25) is 0 Å². The average Bonchev–Trinajstić information content (AvgIpc) is 2.34. The number of aromatic nitrogens is 1. The van der Waals surface area contributed by atoms with Gasteiger partial charge in [0.25, 0.3) is 10.0 Å². The summed E-state index contributed by atoms with van der Waals surface area (Å²) in [5.74, 6) is -0.666. The third-order valence-electron chi connectivity index (χ3n) is 2.19. The van der Waals surface area contributed by atoms with Crippen LogP contribution < -0.4 is 4.72 Å². The first-order valence-corrected chi connectivity index (χ1v) is 8.04. The molecule has 0 saturated heterocycles. The molecule has 1 aromatic carbocycles. The quantitative estimate of drug-likeness (QED) is 0.843. The molecule has 0 amide bonds. The van der Waals surface area contributed by atoms with E-state index in [4.69, 9.17) is 0 Å². The fourth-order valence-electron chi connectivity index (χ4n) is 1.33. The van der Waals surface area contributed by atoms with Gasteiger partial charge in [-0.25, -0.2) is 12.8 Å². The molecule has 0 spiro atoms. The van der Waals surface area contributed by atoms with E-state index in [9.17, 15) is 12.8 Å². The van der Waals surface area contributed by atoms with Gasteiger partial charge in [0.05, 0.1) is 5.69 Å². The molecule has 1 aromatic heterocycles. The molecule has 0 aliphatic heterocycles. The number of halogens is 3. The number of anilines is 1. The SMILES string of the molecule is O=S(=O)(Nc1c(F)cccc1Br)c1cncc(Br)c1. The van der Waals surface area contributed by atoms with Crippen molar-refractivity contribution < 1.29 is 12.8 Å². The molecule has 0 saturated carbocycles. The molecule has 0 radical (unpaired) electrons. The lowest BCUT2D eigenvalue weighted by atomic mass is 10.3. The smallest absolute Gasteiger partial charge is 0.263 e. The van der Waals surface area contributed by atoms with Gasteiger partial charge < -0.3 is 0 Å². The molecular formula is C11H7Br2FN2O2S. The van der Waals surface area contributed by atoms with Crippen LogP contribution in [0.15, 0.2) is 50.5 Å². The fraction of sp³-hybridized carbons (Fsp3) is 0. The van der Waals surface area contributed by atoms with Gasteiger partial charge in [-0.15, -0.1) is 0 Å². The number of hydrogen-bond donors (Lipinski definition) is 1. The summed E-state index contributed by atoms with van der Waals surface area (Å²) in [5.41, 5.74) is -0.137. The van der Waals surface area contributed by atoms with Gasteiger partial charge in [0.15, 0.2) is 0 Å². The topological polar surface area (TPSA) is 59.1 Å². The summed E-state index contributed by atoms with van der Waals surface area (Å²) in [5, 5.41) is 0. The molecular weight excluding hydrogens is 403 g/mol. The zero-order chi connectivity index (χ0) is 14.0. The number of nitrogens with zero attached hydrogens (tertiary/aromatic N) is 1. The molecule has 2 rings (SSSR count). The molecule has 4 nitrogen and oxygen atoms in total. The van der Waals surface area contributed by atoms with E-state index >= 15 is 0 Å². The van der Waals surface area contributed by atoms with Crippen molar-refractivity contribution in [1.29, 1.82) is 0 Å². The van der Waals surface area contributed by atoms with Crippen molar-refractivity contribution in [2.45, 2.75) is 4.90 Å². The molecule has 100 valence electrons. The molecule has 0 bridgehead atoms. The Hall–Kier alpha value is -0.990. The number of benzene rings is 1. The lowest BCUT2D eigenvalue weighted by molar-refractivity contribution is 0.598. The van der Waals surface area contributed by atoms with Crippen molar-refractivity contribution in [3.63, 3.8) is 0 Å².